The average molecular weight is 190 g/mol. The molecule has 2 heterocycles. The molecule has 0 bridgehead atoms. The van der Waals surface area contributed by atoms with Gasteiger partial charge >= 0.3 is 5.97 Å². The number of hydrogen-bond acceptors (Lipinski definition) is 2. The molecule has 72 valence electrons. The molecule has 0 aromatic carbocycles. The van der Waals surface area contributed by atoms with Crippen molar-refractivity contribution >= 4 is 11.5 Å². The van der Waals surface area contributed by atoms with Crippen LogP contribution < -0.4 is 0 Å². The van der Waals surface area contributed by atoms with Gasteiger partial charge in [0.25, 0.3) is 0 Å². The highest BCUT2D eigenvalue weighted by Crippen LogP contribution is 2.10. The Labute approximate surface area is 80.8 Å². The molecule has 2 aromatic rings. The summed E-state index contributed by atoms with van der Waals surface area (Å²) in [5, 5.41) is 8.68. The zero-order valence-electron chi connectivity index (χ0n) is 7.77. The second-order valence-corrected chi connectivity index (χ2v) is 3.17. The molecule has 4 heteroatoms. The minimum absolute atomic E-state index is 0.0426. The second kappa shape index (κ2) is 3.14. The summed E-state index contributed by atoms with van der Waals surface area (Å²) in [6.45, 7) is 1.93. The van der Waals surface area contributed by atoms with Gasteiger partial charge in [-0.25, -0.2) is 4.98 Å². The van der Waals surface area contributed by atoms with Crippen molar-refractivity contribution in [1.82, 2.24) is 9.38 Å². The quantitative estimate of drug-likeness (QED) is 0.775. The van der Waals surface area contributed by atoms with Crippen molar-refractivity contribution < 1.29 is 9.90 Å². The van der Waals surface area contributed by atoms with Gasteiger partial charge in [0.05, 0.1) is 11.7 Å². The van der Waals surface area contributed by atoms with Crippen LogP contribution in [0, 0.1) is 6.92 Å². The zero-order chi connectivity index (χ0) is 10.1. The summed E-state index contributed by atoms with van der Waals surface area (Å²) in [5.41, 5.74) is 1.93. The zero-order valence-corrected chi connectivity index (χ0v) is 7.77. The van der Waals surface area contributed by atoms with Gasteiger partial charge in [0.15, 0.2) is 0 Å². The first-order valence-electron chi connectivity index (χ1n) is 4.32. The number of aromatic nitrogens is 2. The SMILES string of the molecule is Cc1cccc2cnc(CC(=O)O)n12. The summed E-state index contributed by atoms with van der Waals surface area (Å²) in [4.78, 5) is 14.6. The second-order valence-electron chi connectivity index (χ2n) is 3.17. The molecule has 14 heavy (non-hydrogen) atoms. The molecule has 0 spiro atoms. The summed E-state index contributed by atoms with van der Waals surface area (Å²) in [6, 6.07) is 5.77. The standard InChI is InChI=1S/C10H10N2O2/c1-7-3-2-4-8-6-11-9(12(7)8)5-10(13)14/h2-4,6H,5H2,1H3,(H,13,14). The molecule has 4 nitrogen and oxygen atoms in total. The molecule has 2 aromatic heterocycles. The highest BCUT2D eigenvalue weighted by molar-refractivity contribution is 5.69. The van der Waals surface area contributed by atoms with E-state index in [0.29, 0.717) is 5.82 Å². The maximum atomic E-state index is 10.6. The van der Waals surface area contributed by atoms with Gasteiger partial charge in [0.2, 0.25) is 0 Å². The fraction of sp³-hybridized carbons (Fsp3) is 0.200. The lowest BCUT2D eigenvalue weighted by Crippen LogP contribution is -2.06. The largest absolute Gasteiger partial charge is 0.481 e. The van der Waals surface area contributed by atoms with Crippen LogP contribution >= 0.6 is 0 Å². The molecule has 0 aliphatic carbocycles. The van der Waals surface area contributed by atoms with Gasteiger partial charge in [-0.05, 0) is 19.1 Å². The van der Waals surface area contributed by atoms with Gasteiger partial charge in [-0.15, -0.1) is 0 Å². The normalized spacial score (nSPS) is 10.6. The minimum Gasteiger partial charge on any atom is -0.481 e. The van der Waals surface area contributed by atoms with Gasteiger partial charge in [0, 0.05) is 5.69 Å². The van der Waals surface area contributed by atoms with E-state index in [2.05, 4.69) is 4.98 Å². The lowest BCUT2D eigenvalue weighted by molar-refractivity contribution is -0.136. The molecule has 0 saturated carbocycles. The molecule has 2 rings (SSSR count). The number of carboxylic acids is 1. The first-order valence-corrected chi connectivity index (χ1v) is 4.32. The lowest BCUT2D eigenvalue weighted by atomic mass is 10.3. The Morgan fingerprint density at radius 3 is 3.07 bits per heavy atom. The third-order valence-corrected chi connectivity index (χ3v) is 2.13. The van der Waals surface area contributed by atoms with Crippen LogP contribution in [-0.4, -0.2) is 20.5 Å². The van der Waals surface area contributed by atoms with Crippen LogP contribution in [0.2, 0.25) is 0 Å². The Bertz CT molecular complexity index is 488. The van der Waals surface area contributed by atoms with Crippen molar-refractivity contribution in [2.24, 2.45) is 0 Å². The molecule has 0 unspecified atom stereocenters. The highest BCUT2D eigenvalue weighted by Gasteiger charge is 2.08. The van der Waals surface area contributed by atoms with Crippen LogP contribution in [0.5, 0.6) is 0 Å². The van der Waals surface area contributed by atoms with Gasteiger partial charge in [-0.2, -0.15) is 0 Å². The topological polar surface area (TPSA) is 54.6 Å². The number of hydrogen-bond donors (Lipinski definition) is 1. The predicted molar refractivity (Wildman–Crippen MR) is 51.3 cm³/mol. The minimum atomic E-state index is -0.860. The molecule has 0 radical (unpaired) electrons. The van der Waals surface area contributed by atoms with E-state index >= 15 is 0 Å². The van der Waals surface area contributed by atoms with E-state index in [1.54, 1.807) is 6.20 Å². The number of pyridine rings is 1. The van der Waals surface area contributed by atoms with E-state index in [1.165, 1.54) is 0 Å². The molecule has 0 aliphatic rings. The third-order valence-electron chi connectivity index (χ3n) is 2.13. The third kappa shape index (κ3) is 1.35. The van der Waals surface area contributed by atoms with E-state index in [1.807, 2.05) is 29.5 Å². The molecule has 0 amide bonds. The Morgan fingerprint density at radius 1 is 1.57 bits per heavy atom. The summed E-state index contributed by atoms with van der Waals surface area (Å²) in [7, 11) is 0. The Kier molecular flexibility index (Phi) is 1.96. The maximum absolute atomic E-state index is 10.6. The van der Waals surface area contributed by atoms with Crippen LogP contribution in [0.25, 0.3) is 5.52 Å². The lowest BCUT2D eigenvalue weighted by Gasteiger charge is -2.02. The first kappa shape index (κ1) is 8.74. The molecular formula is C10H10N2O2. The van der Waals surface area contributed by atoms with E-state index in [9.17, 15) is 4.79 Å². The Morgan fingerprint density at radius 2 is 2.36 bits per heavy atom. The molecule has 0 aliphatic heterocycles. The Hall–Kier alpha value is -1.84. The molecule has 0 atom stereocenters. The van der Waals surface area contributed by atoms with Gasteiger partial charge in [0.1, 0.15) is 12.2 Å². The fourth-order valence-electron chi connectivity index (χ4n) is 1.55. The van der Waals surface area contributed by atoms with Crippen LogP contribution in [-0.2, 0) is 11.2 Å². The number of rotatable bonds is 2. The summed E-state index contributed by atoms with van der Waals surface area (Å²) < 4.78 is 1.86. The molecular weight excluding hydrogens is 180 g/mol. The average Bonchev–Trinajstić information content (AvgIpc) is 2.49. The van der Waals surface area contributed by atoms with Crippen molar-refractivity contribution in [1.29, 1.82) is 0 Å². The highest BCUT2D eigenvalue weighted by atomic mass is 16.4. The number of nitrogens with zero attached hydrogens (tertiary/aromatic N) is 2. The summed E-state index contributed by atoms with van der Waals surface area (Å²) in [6.07, 6.45) is 1.64. The van der Waals surface area contributed by atoms with Crippen LogP contribution in [0.1, 0.15) is 11.5 Å². The smallest absolute Gasteiger partial charge is 0.311 e. The van der Waals surface area contributed by atoms with Crippen LogP contribution in [0.15, 0.2) is 24.4 Å². The van der Waals surface area contributed by atoms with Gasteiger partial charge in [-0.1, -0.05) is 6.07 Å². The van der Waals surface area contributed by atoms with Crippen molar-refractivity contribution in [2.45, 2.75) is 13.3 Å². The fourth-order valence-corrected chi connectivity index (χ4v) is 1.55. The monoisotopic (exact) mass is 190 g/mol. The van der Waals surface area contributed by atoms with Gasteiger partial charge in [-0.3, -0.25) is 4.79 Å². The number of fused-ring (bicyclic) bond motifs is 1. The van der Waals surface area contributed by atoms with Crippen molar-refractivity contribution in [3.8, 4) is 0 Å². The predicted octanol–water partition coefficient (Wildman–Crippen LogP) is 1.27. The number of carbonyl (C=O) groups is 1. The van der Waals surface area contributed by atoms with Crippen molar-refractivity contribution in [2.75, 3.05) is 0 Å². The van der Waals surface area contributed by atoms with Crippen LogP contribution in [0.3, 0.4) is 0 Å². The van der Waals surface area contributed by atoms with Crippen LogP contribution in [0.4, 0.5) is 0 Å². The number of imidazole rings is 1. The number of carboxylic acid groups (broad SMARTS) is 1. The van der Waals surface area contributed by atoms with Crippen molar-refractivity contribution in [3.05, 3.63) is 35.9 Å². The van der Waals surface area contributed by atoms with E-state index < -0.39 is 5.97 Å². The van der Waals surface area contributed by atoms with E-state index in [-0.39, 0.29) is 6.42 Å². The molecule has 0 saturated heterocycles. The summed E-state index contributed by atoms with van der Waals surface area (Å²) in [5.74, 6) is -0.286. The Balaban J connectivity index is 2.61. The van der Waals surface area contributed by atoms with E-state index in [0.717, 1.165) is 11.2 Å². The number of aliphatic carboxylic acids is 1. The van der Waals surface area contributed by atoms with E-state index in [4.69, 9.17) is 5.11 Å². The van der Waals surface area contributed by atoms with Gasteiger partial charge < -0.3 is 9.51 Å². The summed E-state index contributed by atoms with van der Waals surface area (Å²) >= 11 is 0. The first-order chi connectivity index (χ1) is 6.68. The maximum Gasteiger partial charge on any atom is 0.311 e. The number of aryl methyl sites for hydroxylation is 1. The molecule has 1 N–H and O–H groups in total. The molecule has 0 fully saturated rings. The van der Waals surface area contributed by atoms with Crippen molar-refractivity contribution in [3.63, 3.8) is 0 Å².